The van der Waals surface area contributed by atoms with E-state index in [9.17, 15) is 8.78 Å². The van der Waals surface area contributed by atoms with Crippen LogP contribution in [0.15, 0.2) is 18.2 Å². The molecule has 0 radical (unpaired) electrons. The highest BCUT2D eigenvalue weighted by atomic mass is 19.1. The summed E-state index contributed by atoms with van der Waals surface area (Å²) in [6.07, 6.45) is 0.390. The highest BCUT2D eigenvalue weighted by molar-refractivity contribution is 5.20. The molecular weight excluding hydrogens is 246 g/mol. The van der Waals surface area contributed by atoms with E-state index in [1.54, 1.807) is 0 Å². The lowest BCUT2D eigenvalue weighted by molar-refractivity contribution is 0.207. The van der Waals surface area contributed by atoms with E-state index in [4.69, 9.17) is 5.84 Å². The van der Waals surface area contributed by atoms with Gasteiger partial charge in [0, 0.05) is 6.04 Å². The van der Waals surface area contributed by atoms with Crippen LogP contribution in [0.5, 0.6) is 0 Å². The predicted octanol–water partition coefficient (Wildman–Crippen LogP) is 3.27. The summed E-state index contributed by atoms with van der Waals surface area (Å²) in [6, 6.07) is 3.47. The summed E-state index contributed by atoms with van der Waals surface area (Å²) in [5.74, 6) is 5.95. The molecule has 1 aromatic rings. The maximum absolute atomic E-state index is 13.7. The second-order valence-corrected chi connectivity index (χ2v) is 5.78. The molecule has 0 saturated heterocycles. The maximum Gasteiger partial charge on any atom is 0.126 e. The SMILES string of the molecule is CC(C)C(C(C)C)C(Cc1cc(F)ccc1F)NN. The monoisotopic (exact) mass is 270 g/mol. The Bertz CT molecular complexity index is 397. The molecule has 2 nitrogen and oxygen atoms in total. The quantitative estimate of drug-likeness (QED) is 0.615. The van der Waals surface area contributed by atoms with Crippen LogP contribution >= 0.6 is 0 Å². The van der Waals surface area contributed by atoms with Crippen LogP contribution in [0.4, 0.5) is 8.78 Å². The summed E-state index contributed by atoms with van der Waals surface area (Å²) in [5, 5.41) is 0. The first-order valence-electron chi connectivity index (χ1n) is 6.76. The zero-order chi connectivity index (χ0) is 14.6. The molecule has 1 rings (SSSR count). The molecule has 0 aliphatic heterocycles. The summed E-state index contributed by atoms with van der Waals surface area (Å²) in [6.45, 7) is 8.49. The van der Waals surface area contributed by atoms with Crippen LogP contribution in [0, 0.1) is 29.4 Å². The first-order chi connectivity index (χ1) is 8.86. The lowest BCUT2D eigenvalue weighted by Crippen LogP contribution is -2.46. The topological polar surface area (TPSA) is 38.0 Å². The molecule has 19 heavy (non-hydrogen) atoms. The number of halogens is 2. The molecule has 0 fully saturated rings. The van der Waals surface area contributed by atoms with Crippen LogP contribution in [0.3, 0.4) is 0 Å². The number of rotatable bonds is 6. The van der Waals surface area contributed by atoms with Gasteiger partial charge in [0.1, 0.15) is 11.6 Å². The largest absolute Gasteiger partial charge is 0.271 e. The smallest absolute Gasteiger partial charge is 0.126 e. The Morgan fingerprint density at radius 2 is 1.68 bits per heavy atom. The zero-order valence-electron chi connectivity index (χ0n) is 12.1. The summed E-state index contributed by atoms with van der Waals surface area (Å²) >= 11 is 0. The third-order valence-corrected chi connectivity index (χ3v) is 3.67. The Morgan fingerprint density at radius 1 is 1.11 bits per heavy atom. The normalized spacial score (nSPS) is 13.6. The van der Waals surface area contributed by atoms with Crippen molar-refractivity contribution >= 4 is 0 Å². The summed E-state index contributed by atoms with van der Waals surface area (Å²) < 4.78 is 26.9. The number of hydrazine groups is 1. The minimum Gasteiger partial charge on any atom is -0.271 e. The van der Waals surface area contributed by atoms with E-state index in [1.165, 1.54) is 6.07 Å². The number of hydrogen-bond donors (Lipinski definition) is 2. The molecule has 108 valence electrons. The predicted molar refractivity (Wildman–Crippen MR) is 74.3 cm³/mol. The first-order valence-corrected chi connectivity index (χ1v) is 6.76. The first kappa shape index (κ1) is 16.1. The molecular formula is C15H24F2N2. The van der Waals surface area contributed by atoms with Crippen molar-refractivity contribution in [3.8, 4) is 0 Å². The van der Waals surface area contributed by atoms with Crippen molar-refractivity contribution in [2.45, 2.75) is 40.2 Å². The molecule has 1 atom stereocenters. The van der Waals surface area contributed by atoms with E-state index in [1.807, 2.05) is 0 Å². The van der Waals surface area contributed by atoms with Crippen LogP contribution in [0.1, 0.15) is 33.3 Å². The molecule has 0 bridgehead atoms. The molecule has 0 aromatic heterocycles. The fraction of sp³-hybridized carbons (Fsp3) is 0.600. The standard InChI is InChI=1S/C15H24F2N2/c1-9(2)15(10(3)4)14(19-18)8-11-7-12(16)5-6-13(11)17/h5-7,9-10,14-15,19H,8,18H2,1-4H3. The summed E-state index contributed by atoms with van der Waals surface area (Å²) in [4.78, 5) is 0. The number of nitrogens with two attached hydrogens (primary N) is 1. The lowest BCUT2D eigenvalue weighted by atomic mass is 9.78. The number of hydrogen-bond acceptors (Lipinski definition) is 2. The van der Waals surface area contributed by atoms with Crippen molar-refractivity contribution in [3.63, 3.8) is 0 Å². The van der Waals surface area contributed by atoms with Gasteiger partial charge in [-0.3, -0.25) is 11.3 Å². The Hall–Kier alpha value is -1.00. The number of nitrogens with one attached hydrogen (secondary N) is 1. The van der Waals surface area contributed by atoms with Crippen LogP contribution in [-0.4, -0.2) is 6.04 Å². The maximum atomic E-state index is 13.7. The minimum atomic E-state index is -0.419. The van der Waals surface area contributed by atoms with Crippen LogP contribution in [0.25, 0.3) is 0 Å². The van der Waals surface area contributed by atoms with Gasteiger partial charge in [-0.1, -0.05) is 27.7 Å². The highest BCUT2D eigenvalue weighted by Gasteiger charge is 2.27. The molecule has 0 saturated carbocycles. The van der Waals surface area contributed by atoms with Gasteiger partial charge in [0.05, 0.1) is 0 Å². The third kappa shape index (κ3) is 4.25. The van der Waals surface area contributed by atoms with Gasteiger partial charge in [-0.2, -0.15) is 0 Å². The second-order valence-electron chi connectivity index (χ2n) is 5.78. The molecule has 0 heterocycles. The van der Waals surface area contributed by atoms with Gasteiger partial charge in [0.15, 0.2) is 0 Å². The molecule has 3 N–H and O–H groups in total. The fourth-order valence-corrected chi connectivity index (χ4v) is 2.94. The molecule has 0 amide bonds. The van der Waals surface area contributed by atoms with Crippen molar-refractivity contribution in [1.82, 2.24) is 5.43 Å². The van der Waals surface area contributed by atoms with Gasteiger partial charge in [-0.05, 0) is 47.9 Å². The molecule has 1 unspecified atom stereocenters. The van der Waals surface area contributed by atoms with E-state index in [0.717, 1.165) is 12.1 Å². The van der Waals surface area contributed by atoms with Gasteiger partial charge in [0.2, 0.25) is 0 Å². The number of benzene rings is 1. The average molecular weight is 270 g/mol. The van der Waals surface area contributed by atoms with E-state index in [-0.39, 0.29) is 11.9 Å². The summed E-state index contributed by atoms with van der Waals surface area (Å²) in [5.41, 5.74) is 3.14. The van der Waals surface area contributed by atoms with Crippen molar-refractivity contribution < 1.29 is 8.78 Å². The molecule has 1 aromatic carbocycles. The Balaban J connectivity index is 2.95. The van der Waals surface area contributed by atoms with E-state index >= 15 is 0 Å². The van der Waals surface area contributed by atoms with Crippen molar-refractivity contribution in [3.05, 3.63) is 35.4 Å². The molecule has 4 heteroatoms. The van der Waals surface area contributed by atoms with Crippen molar-refractivity contribution in [2.24, 2.45) is 23.6 Å². The Labute approximate surface area is 114 Å². The molecule has 0 aliphatic carbocycles. The Kier molecular flexibility index (Phi) is 5.88. The van der Waals surface area contributed by atoms with E-state index in [2.05, 4.69) is 33.1 Å². The van der Waals surface area contributed by atoms with Gasteiger partial charge >= 0.3 is 0 Å². The molecule has 0 spiro atoms. The van der Waals surface area contributed by atoms with Crippen LogP contribution in [0.2, 0.25) is 0 Å². The highest BCUT2D eigenvalue weighted by Crippen LogP contribution is 2.26. The van der Waals surface area contributed by atoms with Crippen molar-refractivity contribution in [1.29, 1.82) is 0 Å². The third-order valence-electron chi connectivity index (χ3n) is 3.67. The van der Waals surface area contributed by atoms with Crippen LogP contribution < -0.4 is 11.3 Å². The van der Waals surface area contributed by atoms with Gasteiger partial charge in [0.25, 0.3) is 0 Å². The Morgan fingerprint density at radius 3 is 2.16 bits per heavy atom. The second kappa shape index (κ2) is 6.96. The van der Waals surface area contributed by atoms with Crippen molar-refractivity contribution in [2.75, 3.05) is 0 Å². The average Bonchev–Trinajstić information content (AvgIpc) is 2.31. The lowest BCUT2D eigenvalue weighted by Gasteiger charge is -2.33. The van der Waals surface area contributed by atoms with Crippen LogP contribution in [-0.2, 0) is 6.42 Å². The van der Waals surface area contributed by atoms with Gasteiger partial charge in [-0.15, -0.1) is 0 Å². The summed E-state index contributed by atoms with van der Waals surface area (Å²) in [7, 11) is 0. The minimum absolute atomic E-state index is 0.0729. The van der Waals surface area contributed by atoms with E-state index in [0.29, 0.717) is 29.7 Å². The zero-order valence-corrected chi connectivity index (χ0v) is 12.1. The van der Waals surface area contributed by atoms with Gasteiger partial charge < -0.3 is 0 Å². The van der Waals surface area contributed by atoms with Gasteiger partial charge in [-0.25, -0.2) is 8.78 Å². The molecule has 0 aliphatic rings. The fourth-order valence-electron chi connectivity index (χ4n) is 2.94. The van der Waals surface area contributed by atoms with E-state index < -0.39 is 5.82 Å².